The number of nitrogens with zero attached hydrogens (tertiary/aromatic N) is 3. The minimum atomic E-state index is -1.77. The van der Waals surface area contributed by atoms with Crippen LogP contribution in [0.25, 0.3) is 5.76 Å². The number of amides is 2. The number of anilines is 1. The van der Waals surface area contributed by atoms with E-state index in [2.05, 4.69) is 6.58 Å². The largest absolute Gasteiger partial charge is 0.507 e. The smallest absolute Gasteiger partial charge is 0.296 e. The predicted octanol–water partition coefficient (Wildman–Crippen LogP) is 2.68. The normalized spacial score (nSPS) is 24.0. The van der Waals surface area contributed by atoms with Crippen LogP contribution in [0.15, 0.2) is 60.7 Å². The van der Waals surface area contributed by atoms with Gasteiger partial charge in [-0.15, -0.1) is 6.58 Å². The van der Waals surface area contributed by atoms with Crippen molar-refractivity contribution in [2.45, 2.75) is 25.0 Å². The molecular weight excluding hydrogens is 458 g/mol. The van der Waals surface area contributed by atoms with E-state index in [1.807, 2.05) is 25.9 Å². The molecule has 5 rings (SSSR count). The molecule has 1 fully saturated rings. The number of fused-ring (bicyclic) bond motifs is 3. The first-order chi connectivity index (χ1) is 17.2. The number of benzene rings is 2. The van der Waals surface area contributed by atoms with Crippen molar-refractivity contribution in [1.82, 2.24) is 9.80 Å². The summed E-state index contributed by atoms with van der Waals surface area (Å²) in [6.07, 6.45) is 2.26. The van der Waals surface area contributed by atoms with Gasteiger partial charge in [-0.2, -0.15) is 0 Å². The Labute approximate surface area is 210 Å². The van der Waals surface area contributed by atoms with Crippen molar-refractivity contribution in [3.8, 4) is 5.75 Å². The van der Waals surface area contributed by atoms with Gasteiger partial charge in [-0.3, -0.25) is 14.4 Å². The predicted molar refractivity (Wildman–Crippen MR) is 136 cm³/mol. The molecule has 0 saturated carbocycles. The lowest BCUT2D eigenvalue weighted by Crippen LogP contribution is -2.53. The van der Waals surface area contributed by atoms with Crippen molar-refractivity contribution in [2.75, 3.05) is 38.6 Å². The van der Waals surface area contributed by atoms with Gasteiger partial charge in [0.1, 0.15) is 17.6 Å². The van der Waals surface area contributed by atoms with E-state index >= 15 is 0 Å². The maximum atomic E-state index is 14.3. The van der Waals surface area contributed by atoms with Gasteiger partial charge in [0, 0.05) is 37.2 Å². The molecule has 0 aliphatic carbocycles. The Bertz CT molecular complexity index is 1330. The molecular formula is C28H29N3O5. The quantitative estimate of drug-likeness (QED) is 0.292. The molecule has 2 aromatic carbocycles. The molecule has 0 aromatic heterocycles. The fourth-order valence-electron chi connectivity index (χ4n) is 5.49. The number of rotatable bonds is 6. The highest BCUT2D eigenvalue weighted by molar-refractivity contribution is 6.50. The molecule has 36 heavy (non-hydrogen) atoms. The number of aliphatic hydroxyl groups is 1. The van der Waals surface area contributed by atoms with Gasteiger partial charge in [0.25, 0.3) is 17.6 Å². The van der Waals surface area contributed by atoms with Crippen LogP contribution in [-0.4, -0.2) is 72.3 Å². The molecule has 0 radical (unpaired) electrons. The van der Waals surface area contributed by atoms with Gasteiger partial charge in [0.05, 0.1) is 11.3 Å². The fraction of sp³-hybridized carbons (Fsp3) is 0.321. The number of Topliss-reactive ketones (excluding diaryl/α,β-unsaturated/α-hetero) is 1. The zero-order valence-electron chi connectivity index (χ0n) is 20.7. The molecule has 2 aromatic rings. The number of carbonyl (C=O) groups is 3. The van der Waals surface area contributed by atoms with Gasteiger partial charge >= 0.3 is 0 Å². The molecule has 186 valence electrons. The molecule has 1 spiro atoms. The first-order valence-corrected chi connectivity index (χ1v) is 12.0. The molecule has 8 heteroatoms. The molecule has 3 aliphatic rings. The molecule has 1 saturated heterocycles. The van der Waals surface area contributed by atoms with Crippen molar-refractivity contribution >= 4 is 29.0 Å². The van der Waals surface area contributed by atoms with Gasteiger partial charge < -0.3 is 24.5 Å². The third-order valence-corrected chi connectivity index (χ3v) is 7.06. The van der Waals surface area contributed by atoms with Crippen molar-refractivity contribution in [3.63, 3.8) is 0 Å². The summed E-state index contributed by atoms with van der Waals surface area (Å²) in [6.45, 7) is 6.49. The van der Waals surface area contributed by atoms with E-state index in [9.17, 15) is 19.5 Å². The molecule has 3 heterocycles. The Morgan fingerprint density at radius 1 is 1.22 bits per heavy atom. The number of ketones is 1. The minimum Gasteiger partial charge on any atom is -0.507 e. The van der Waals surface area contributed by atoms with Gasteiger partial charge in [0.2, 0.25) is 0 Å². The Morgan fingerprint density at radius 3 is 2.69 bits per heavy atom. The topological polar surface area (TPSA) is 90.4 Å². The van der Waals surface area contributed by atoms with Crippen LogP contribution in [0.2, 0.25) is 0 Å². The van der Waals surface area contributed by atoms with Gasteiger partial charge in [0.15, 0.2) is 5.54 Å². The second kappa shape index (κ2) is 8.64. The first-order valence-electron chi connectivity index (χ1n) is 12.0. The summed E-state index contributed by atoms with van der Waals surface area (Å²) in [5.74, 6) is -1.78. The molecule has 1 N–H and O–H groups in total. The summed E-state index contributed by atoms with van der Waals surface area (Å²) in [5.41, 5.74) is 0.368. The van der Waals surface area contributed by atoms with Crippen LogP contribution >= 0.6 is 0 Å². The van der Waals surface area contributed by atoms with Crippen molar-refractivity contribution in [1.29, 1.82) is 0 Å². The van der Waals surface area contributed by atoms with Crippen LogP contribution in [0.5, 0.6) is 5.75 Å². The summed E-state index contributed by atoms with van der Waals surface area (Å²) >= 11 is 0. The third kappa shape index (κ3) is 3.28. The summed E-state index contributed by atoms with van der Waals surface area (Å²) in [7, 11) is 3.70. The molecule has 0 unspecified atom stereocenters. The highest BCUT2D eigenvalue weighted by Gasteiger charge is 2.66. The van der Waals surface area contributed by atoms with Crippen molar-refractivity contribution in [3.05, 3.63) is 77.4 Å². The van der Waals surface area contributed by atoms with E-state index < -0.39 is 23.1 Å². The van der Waals surface area contributed by atoms with Crippen LogP contribution in [0.3, 0.4) is 0 Å². The Morgan fingerprint density at radius 2 is 1.97 bits per heavy atom. The number of aliphatic hydroxyl groups excluding tert-OH is 1. The second-order valence-corrected chi connectivity index (χ2v) is 9.70. The second-order valence-electron chi connectivity index (χ2n) is 9.70. The number of hydrogen-bond donors (Lipinski definition) is 1. The van der Waals surface area contributed by atoms with Crippen molar-refractivity contribution < 1.29 is 24.2 Å². The number of para-hydroxylation sites is 1. The third-order valence-electron chi connectivity index (χ3n) is 7.06. The molecule has 0 bridgehead atoms. The van der Waals surface area contributed by atoms with E-state index in [1.165, 1.54) is 9.80 Å². The Balaban J connectivity index is 1.77. The average Bonchev–Trinajstić information content (AvgIpc) is 3.42. The van der Waals surface area contributed by atoms with E-state index in [-0.39, 0.29) is 30.5 Å². The van der Waals surface area contributed by atoms with E-state index in [1.54, 1.807) is 48.5 Å². The maximum Gasteiger partial charge on any atom is 0.296 e. The van der Waals surface area contributed by atoms with Gasteiger partial charge in [-0.25, -0.2) is 0 Å². The summed E-state index contributed by atoms with van der Waals surface area (Å²) in [5, 5.41) is 11.6. The number of hydrogen-bond acceptors (Lipinski definition) is 6. The van der Waals surface area contributed by atoms with Crippen LogP contribution < -0.4 is 9.64 Å². The molecule has 3 aliphatic heterocycles. The number of ether oxygens (including phenoxy) is 1. The molecule has 2 amide bonds. The lowest BCUT2D eigenvalue weighted by molar-refractivity contribution is -0.143. The van der Waals surface area contributed by atoms with Gasteiger partial charge in [-0.1, -0.05) is 24.3 Å². The molecule has 8 nitrogen and oxygen atoms in total. The van der Waals surface area contributed by atoms with E-state index in [0.29, 0.717) is 29.8 Å². The Hall–Kier alpha value is -3.91. The van der Waals surface area contributed by atoms with E-state index in [0.717, 1.165) is 11.3 Å². The van der Waals surface area contributed by atoms with E-state index in [4.69, 9.17) is 4.74 Å². The summed E-state index contributed by atoms with van der Waals surface area (Å²) in [6, 6.07) is 12.3. The number of likely N-dealkylation sites (N-methyl/N-ethyl adjacent to an activating group) is 1. The average molecular weight is 488 g/mol. The minimum absolute atomic E-state index is 0.00310. The standard InChI is InChI=1S/C28H29N3O5/c1-5-12-30-21-9-7-6-8-20(21)28(27(30)35)23(25(33)26(34)31(28)14-13-29(3)4)24(32)18-10-11-22-19(16-18)15-17(2)36-22/h5-11,16-17,32H,1,12-15H2,2-4H3/t17-,28-/m1/s1. The monoisotopic (exact) mass is 487 g/mol. The molecule has 2 atom stereocenters. The number of likely N-dealkylation sites (tertiary alicyclic amines) is 1. The first kappa shape index (κ1) is 23.8. The van der Waals surface area contributed by atoms with Crippen LogP contribution in [0, 0.1) is 0 Å². The number of carbonyl (C=O) groups excluding carboxylic acids is 3. The SMILES string of the molecule is C=CCN1C(=O)[C@]2(C(=C(O)c3ccc4c(c3)C[C@@H](C)O4)C(=O)C(=O)N2CCN(C)C)c2ccccc21. The zero-order valence-corrected chi connectivity index (χ0v) is 20.7. The summed E-state index contributed by atoms with van der Waals surface area (Å²) in [4.78, 5) is 46.0. The summed E-state index contributed by atoms with van der Waals surface area (Å²) < 4.78 is 5.77. The highest BCUT2D eigenvalue weighted by atomic mass is 16.5. The van der Waals surface area contributed by atoms with Crippen molar-refractivity contribution in [2.24, 2.45) is 0 Å². The lowest BCUT2D eigenvalue weighted by Gasteiger charge is -2.35. The zero-order chi connectivity index (χ0) is 25.8. The fourth-order valence-corrected chi connectivity index (χ4v) is 5.49. The highest BCUT2D eigenvalue weighted by Crippen LogP contribution is 2.53. The van der Waals surface area contributed by atoms with Crippen LogP contribution in [0.4, 0.5) is 5.69 Å². The van der Waals surface area contributed by atoms with Crippen LogP contribution in [0.1, 0.15) is 23.6 Å². The maximum absolute atomic E-state index is 14.3. The Kier molecular flexibility index (Phi) is 5.71. The van der Waals surface area contributed by atoms with Crippen LogP contribution in [-0.2, 0) is 26.3 Å². The lowest BCUT2D eigenvalue weighted by atomic mass is 9.81. The van der Waals surface area contributed by atoms with Gasteiger partial charge in [-0.05, 0) is 50.8 Å².